The summed E-state index contributed by atoms with van der Waals surface area (Å²) < 4.78 is 1.02. The first-order valence-electron chi connectivity index (χ1n) is 9.66. The van der Waals surface area contributed by atoms with Crippen molar-refractivity contribution in [1.29, 1.82) is 0 Å². The smallest absolute Gasteiger partial charge is 0.480 e. The van der Waals surface area contributed by atoms with Crippen molar-refractivity contribution < 1.29 is 58.9 Å². The van der Waals surface area contributed by atoms with Crippen molar-refractivity contribution in [3.8, 4) is 0 Å². The Morgan fingerprint density at radius 1 is 0.968 bits per heavy atom. The zero-order chi connectivity index (χ0) is 23.4. The van der Waals surface area contributed by atoms with Gasteiger partial charge in [-0.2, -0.15) is 0 Å². The Hall–Kier alpha value is -2.55. The first-order chi connectivity index (χ1) is 14.6. The van der Waals surface area contributed by atoms with E-state index in [1.165, 1.54) is 31.6 Å². The summed E-state index contributed by atoms with van der Waals surface area (Å²) in [5.41, 5.74) is 0.555. The molecule has 1 rings (SSSR count). The number of nitrogens with one attached hydrogen (secondary N) is 3. The molecule has 2 atom stereocenters. The molecule has 0 spiro atoms. The van der Waals surface area contributed by atoms with Crippen LogP contribution in [-0.2, 0) is 14.4 Å². The fraction of sp³-hybridized carbons (Fsp3) is 0.450. The summed E-state index contributed by atoms with van der Waals surface area (Å²) in [6, 6.07) is 3.76. The molecule has 3 amide bonds. The van der Waals surface area contributed by atoms with E-state index in [-0.39, 0.29) is 31.0 Å². The Morgan fingerprint density at radius 3 is 2.13 bits per heavy atom. The summed E-state index contributed by atoms with van der Waals surface area (Å²) in [5, 5.41) is 25.6. The van der Waals surface area contributed by atoms with Crippen LogP contribution in [0.1, 0.15) is 49.4 Å². The molecule has 170 valence electrons. The van der Waals surface area contributed by atoms with Crippen molar-refractivity contribution in [2.24, 2.45) is 0 Å². The van der Waals surface area contributed by atoms with Crippen molar-refractivity contribution in [3.63, 3.8) is 0 Å². The van der Waals surface area contributed by atoms with Gasteiger partial charge in [0.05, 0.1) is 0 Å². The van der Waals surface area contributed by atoms with E-state index in [0.29, 0.717) is 24.9 Å². The van der Waals surface area contributed by atoms with Crippen LogP contribution in [-0.4, -0.2) is 58.5 Å². The number of unbranched alkanes of at least 4 members (excludes halogenated alkanes) is 1. The van der Waals surface area contributed by atoms with Crippen molar-refractivity contribution in [2.45, 2.75) is 51.1 Å². The van der Waals surface area contributed by atoms with Crippen LogP contribution in [0.3, 0.4) is 0 Å². The van der Waals surface area contributed by atoms with E-state index >= 15 is 0 Å². The Morgan fingerprint density at radius 2 is 1.58 bits per heavy atom. The molecule has 0 bridgehead atoms. The Kier molecular flexibility index (Phi) is 11.7. The van der Waals surface area contributed by atoms with Crippen molar-refractivity contribution in [2.75, 3.05) is 6.54 Å². The third-order valence-electron chi connectivity index (χ3n) is 4.28. The molecule has 0 fully saturated rings. The molecule has 0 aliphatic heterocycles. The van der Waals surface area contributed by atoms with Crippen LogP contribution in [0.4, 0.5) is 4.79 Å². The van der Waals surface area contributed by atoms with Crippen LogP contribution < -0.4 is 19.2 Å². The third-order valence-corrected chi connectivity index (χ3v) is 5.20. The van der Waals surface area contributed by atoms with Crippen LogP contribution in [0.15, 0.2) is 24.3 Å². The molecule has 0 unspecified atom stereocenters. The molecule has 0 saturated heterocycles. The van der Waals surface area contributed by atoms with Crippen LogP contribution >= 0.6 is 0 Å². The van der Waals surface area contributed by atoms with Gasteiger partial charge in [0.2, 0.25) is 0 Å². The van der Waals surface area contributed by atoms with E-state index in [0.717, 1.165) is 3.27 Å². The van der Waals surface area contributed by atoms with Crippen molar-refractivity contribution in [3.05, 3.63) is 29.8 Å². The zero-order valence-electron chi connectivity index (χ0n) is 17.0. The minimum atomic E-state index is -1.31. The van der Waals surface area contributed by atoms with Gasteiger partial charge < -0.3 is 15.2 Å². The number of hydrogen-bond donors (Lipinski definition) is 5. The summed E-state index contributed by atoms with van der Waals surface area (Å²) in [5.74, 6) is -2.99. The minimum absolute atomic E-state index is 0.0192. The number of carboxylic acid groups (broad SMARTS) is 2. The molecule has 5 N–H and O–H groups in total. The molecule has 31 heavy (non-hydrogen) atoms. The van der Waals surface area contributed by atoms with Crippen LogP contribution in [0.2, 0.25) is 0 Å². The number of urea groups is 1. The molecule has 0 radical (unpaired) electrons. The van der Waals surface area contributed by atoms with Gasteiger partial charge in [-0.05, 0) is 13.3 Å². The molecule has 0 aliphatic carbocycles. The number of aliphatic carboxylic acids is 2. The van der Waals surface area contributed by atoms with Gasteiger partial charge in [0.15, 0.2) is 0 Å². The van der Waals surface area contributed by atoms with E-state index in [1.807, 2.05) is 6.07 Å². The average molecular weight is 631 g/mol. The number of ketones is 1. The second-order valence-electron chi connectivity index (χ2n) is 6.90. The van der Waals surface area contributed by atoms with Crippen LogP contribution in [0.5, 0.6) is 0 Å². The van der Waals surface area contributed by atoms with Gasteiger partial charge in [-0.25, -0.2) is 9.59 Å². The Labute approximate surface area is 195 Å². The number of carboxylic acids is 2. The van der Waals surface area contributed by atoms with E-state index in [4.69, 9.17) is 5.11 Å². The maximum absolute atomic E-state index is 12.1. The topological polar surface area (TPSA) is 162 Å². The number of rotatable bonds is 13. The Bertz CT molecular complexity index is 816. The molecule has 11 heteroatoms. The number of amides is 3. The fourth-order valence-electron chi connectivity index (χ4n) is 2.63. The SMILES string of the molecule is CC(=O)CC[C@H](NC(=O)N[C@@H](CCCCNC(=O)c1cccc([211At])c1)C(=O)O)C(=O)O. The standard InChI is InChI=1S/C20H26AtN3O7/c1-12(25)8-9-16(19(29)30)24-20(31)23-15(18(27)28)7-2-3-10-22-17(26)13-5-4-6-14(21)11-13/h4-6,11,15-16H,2-3,7-10H2,1H3,(H,22,26)(H,27,28)(H,29,30)(H2,23,24,31)/t15-,16-/m0/s1/i21+1. The number of carbonyl (C=O) groups is 5. The van der Waals surface area contributed by atoms with Gasteiger partial charge in [0.25, 0.3) is 0 Å². The van der Waals surface area contributed by atoms with Crippen molar-refractivity contribution in [1.82, 2.24) is 16.0 Å². The summed E-state index contributed by atoms with van der Waals surface area (Å²) in [6.07, 6.45) is 0.924. The molecule has 10 nitrogen and oxygen atoms in total. The maximum atomic E-state index is 12.1. The quantitative estimate of drug-likeness (QED) is 0.196. The number of hydrogen-bond acceptors (Lipinski definition) is 5. The first-order valence-corrected chi connectivity index (χ1v) is 11.1. The molecule has 0 aliphatic rings. The predicted octanol–water partition coefficient (Wildman–Crippen LogP) is 0.336. The second-order valence-corrected chi connectivity index (χ2v) is 8.60. The van der Waals surface area contributed by atoms with Crippen LogP contribution in [0.25, 0.3) is 0 Å². The summed E-state index contributed by atoms with van der Waals surface area (Å²) in [7, 11) is 0. The third kappa shape index (κ3) is 10.9. The average Bonchev–Trinajstić information content (AvgIpc) is 2.69. The Balaban J connectivity index is 2.42. The van der Waals surface area contributed by atoms with E-state index in [1.54, 1.807) is 18.2 Å². The summed E-state index contributed by atoms with van der Waals surface area (Å²) >= 11 is 1.47. The first kappa shape index (κ1) is 26.5. The van der Waals surface area contributed by atoms with Gasteiger partial charge >= 0.3 is 139 Å². The molecular formula is C20H26AtN3O7. The molecule has 1 aromatic carbocycles. The van der Waals surface area contributed by atoms with Crippen LogP contribution in [0, 0.1) is 24.7 Å². The van der Waals surface area contributed by atoms with Gasteiger partial charge in [0.1, 0.15) is 11.8 Å². The van der Waals surface area contributed by atoms with Gasteiger partial charge in [-0.3, -0.25) is 0 Å². The van der Waals surface area contributed by atoms with Crippen molar-refractivity contribution >= 4 is 32.9 Å². The summed E-state index contributed by atoms with van der Waals surface area (Å²) in [6.45, 7) is 1.66. The van der Waals surface area contributed by atoms with E-state index in [9.17, 15) is 29.1 Å². The zero-order valence-corrected chi connectivity index (χ0v) is 20.0. The fourth-order valence-corrected chi connectivity index (χ4v) is 3.37. The molecular weight excluding hydrogens is 605 g/mol. The van der Waals surface area contributed by atoms with Gasteiger partial charge in [0, 0.05) is 6.42 Å². The molecule has 0 aromatic heterocycles. The molecule has 0 saturated carbocycles. The van der Waals surface area contributed by atoms with E-state index < -0.39 is 30.1 Å². The molecule has 1 aromatic rings. The second kappa shape index (κ2) is 13.7. The van der Waals surface area contributed by atoms with Gasteiger partial charge in [-0.15, -0.1) is 0 Å². The monoisotopic (exact) mass is 631 g/mol. The number of Topliss-reactive ketones (excluding diaryl/α,β-unsaturated/α-hetero) is 1. The number of carbonyl (C=O) groups excluding carboxylic acids is 3. The normalized spacial score (nSPS) is 12.3. The number of benzene rings is 1. The summed E-state index contributed by atoms with van der Waals surface area (Å²) in [4.78, 5) is 57.6. The molecule has 0 heterocycles. The van der Waals surface area contributed by atoms with Gasteiger partial charge in [-0.1, -0.05) is 0 Å². The minimum Gasteiger partial charge on any atom is -0.480 e. The van der Waals surface area contributed by atoms with E-state index in [2.05, 4.69) is 16.0 Å². The predicted molar refractivity (Wildman–Crippen MR) is 107 cm³/mol.